The van der Waals surface area contributed by atoms with Crippen molar-refractivity contribution in [1.29, 1.82) is 0 Å². The first-order valence-corrected chi connectivity index (χ1v) is 12.7. The van der Waals surface area contributed by atoms with Crippen LogP contribution in [0.15, 0.2) is 24.5 Å². The molecule has 1 aliphatic rings. The van der Waals surface area contributed by atoms with Gasteiger partial charge < -0.3 is 20.4 Å². The number of H-pyrrole nitrogens is 1. The number of carbonyl (C=O) groups is 1. The fraction of sp³-hybridized carbons (Fsp3) is 0.409. The number of rotatable bonds is 8. The molecule has 1 aromatic carbocycles. The molecule has 1 unspecified atom stereocenters. The highest BCUT2D eigenvalue weighted by molar-refractivity contribution is 7.90. The number of halogens is 1. The molecule has 176 valence electrons. The maximum Gasteiger partial charge on any atom is 0.223 e. The normalized spacial score (nSPS) is 15.8. The summed E-state index contributed by atoms with van der Waals surface area (Å²) in [5.74, 6) is 0.200. The Hall–Kier alpha value is -3.21. The van der Waals surface area contributed by atoms with Crippen LogP contribution in [0.25, 0.3) is 11.0 Å². The van der Waals surface area contributed by atoms with Gasteiger partial charge in [0.1, 0.15) is 39.2 Å². The predicted molar refractivity (Wildman–Crippen MR) is 123 cm³/mol. The van der Waals surface area contributed by atoms with Gasteiger partial charge >= 0.3 is 0 Å². The van der Waals surface area contributed by atoms with E-state index in [1.54, 1.807) is 6.07 Å². The van der Waals surface area contributed by atoms with Crippen molar-refractivity contribution in [3.63, 3.8) is 0 Å². The van der Waals surface area contributed by atoms with Crippen molar-refractivity contribution in [2.75, 3.05) is 31.0 Å². The number of nitrogens with one attached hydrogen (secondary N) is 3. The van der Waals surface area contributed by atoms with E-state index in [0.717, 1.165) is 16.6 Å². The lowest BCUT2D eigenvalue weighted by molar-refractivity contribution is -0.125. The van der Waals surface area contributed by atoms with E-state index in [4.69, 9.17) is 4.74 Å². The van der Waals surface area contributed by atoms with Crippen molar-refractivity contribution in [2.45, 2.75) is 25.7 Å². The van der Waals surface area contributed by atoms with Crippen LogP contribution in [0.5, 0.6) is 5.75 Å². The van der Waals surface area contributed by atoms with Crippen LogP contribution in [-0.4, -0.2) is 54.9 Å². The minimum Gasteiger partial charge on any atom is -0.494 e. The summed E-state index contributed by atoms with van der Waals surface area (Å²) in [6.07, 6.45) is 4.89. The number of hydrogen-bond donors (Lipinski definition) is 3. The monoisotopic (exact) mass is 475 g/mol. The summed E-state index contributed by atoms with van der Waals surface area (Å²) >= 11 is 0. The van der Waals surface area contributed by atoms with Crippen LogP contribution < -0.4 is 15.4 Å². The van der Waals surface area contributed by atoms with Crippen molar-refractivity contribution >= 4 is 38.3 Å². The molecule has 33 heavy (non-hydrogen) atoms. The zero-order valence-corrected chi connectivity index (χ0v) is 19.3. The molecule has 0 saturated heterocycles. The Kier molecular flexibility index (Phi) is 6.50. The first-order valence-electron chi connectivity index (χ1n) is 10.7. The van der Waals surface area contributed by atoms with E-state index in [9.17, 15) is 17.6 Å². The number of methoxy groups -OCH3 is 1. The Labute approximate surface area is 191 Å². The molecule has 0 spiro atoms. The number of sulfone groups is 1. The second-order valence-corrected chi connectivity index (χ2v) is 10.5. The third kappa shape index (κ3) is 5.24. The molecule has 0 radical (unpaired) electrons. The molecule has 3 N–H and O–H groups in total. The summed E-state index contributed by atoms with van der Waals surface area (Å²) in [7, 11) is -1.58. The zero-order chi connectivity index (χ0) is 23.6. The van der Waals surface area contributed by atoms with Gasteiger partial charge in [-0.05, 0) is 43.4 Å². The Morgan fingerprint density at radius 3 is 2.91 bits per heavy atom. The molecule has 2 aromatic heterocycles. The van der Waals surface area contributed by atoms with E-state index in [-0.39, 0.29) is 17.6 Å². The molecule has 2 heterocycles. The number of ether oxygens (including phenoxy) is 1. The van der Waals surface area contributed by atoms with Gasteiger partial charge in [0, 0.05) is 30.5 Å². The highest BCUT2D eigenvalue weighted by Crippen LogP contribution is 2.36. The lowest BCUT2D eigenvalue weighted by atomic mass is 9.86. The molecule has 4 rings (SSSR count). The third-order valence-electron chi connectivity index (χ3n) is 5.75. The lowest BCUT2D eigenvalue weighted by Crippen LogP contribution is -2.35. The van der Waals surface area contributed by atoms with Crippen molar-refractivity contribution < 1.29 is 22.3 Å². The number of hydrogen-bond acceptors (Lipinski definition) is 7. The SMILES string of the molecule is COc1cc(F)ccc1Nc1ncnc2[nH]c3c(c12)CC(C(=O)NCCCS(C)(=O)=O)CC3. The number of nitrogens with zero attached hydrogens (tertiary/aromatic N) is 2. The molecule has 0 aliphatic heterocycles. The summed E-state index contributed by atoms with van der Waals surface area (Å²) in [6.45, 7) is 0.323. The predicted octanol–water partition coefficient (Wildman–Crippen LogP) is 2.50. The molecular formula is C22H26FN5O4S. The van der Waals surface area contributed by atoms with E-state index < -0.39 is 15.7 Å². The van der Waals surface area contributed by atoms with Gasteiger partial charge in [-0.2, -0.15) is 0 Å². The van der Waals surface area contributed by atoms with Crippen LogP contribution >= 0.6 is 0 Å². The number of benzene rings is 1. The summed E-state index contributed by atoms with van der Waals surface area (Å²) in [5, 5.41) is 6.85. The molecule has 9 nitrogen and oxygen atoms in total. The molecule has 0 fully saturated rings. The van der Waals surface area contributed by atoms with Gasteiger partial charge in [-0.15, -0.1) is 0 Å². The summed E-state index contributed by atoms with van der Waals surface area (Å²) < 4.78 is 41.4. The van der Waals surface area contributed by atoms with Crippen LogP contribution in [0.3, 0.4) is 0 Å². The third-order valence-corrected chi connectivity index (χ3v) is 6.78. The smallest absolute Gasteiger partial charge is 0.223 e. The van der Waals surface area contributed by atoms with E-state index in [1.807, 2.05) is 0 Å². The quantitative estimate of drug-likeness (QED) is 0.427. The number of anilines is 2. The van der Waals surface area contributed by atoms with Gasteiger partial charge in [0.2, 0.25) is 5.91 Å². The van der Waals surface area contributed by atoms with Crippen LogP contribution in [-0.2, 0) is 27.5 Å². The molecular weight excluding hydrogens is 449 g/mol. The van der Waals surface area contributed by atoms with Crippen molar-refractivity contribution in [3.8, 4) is 5.75 Å². The van der Waals surface area contributed by atoms with Crippen LogP contribution in [0, 0.1) is 11.7 Å². The van der Waals surface area contributed by atoms with E-state index in [0.29, 0.717) is 55.1 Å². The number of fused-ring (bicyclic) bond motifs is 3. The first-order chi connectivity index (χ1) is 15.7. The van der Waals surface area contributed by atoms with Crippen LogP contribution in [0.1, 0.15) is 24.1 Å². The fourth-order valence-corrected chi connectivity index (χ4v) is 4.81. The van der Waals surface area contributed by atoms with Gasteiger partial charge in [0.05, 0.1) is 23.9 Å². The Morgan fingerprint density at radius 1 is 1.33 bits per heavy atom. The molecule has 1 atom stereocenters. The summed E-state index contributed by atoms with van der Waals surface area (Å²) in [4.78, 5) is 24.8. The van der Waals surface area contributed by atoms with Crippen molar-refractivity contribution in [2.24, 2.45) is 5.92 Å². The maximum absolute atomic E-state index is 13.6. The highest BCUT2D eigenvalue weighted by atomic mass is 32.2. The molecule has 0 saturated carbocycles. The average Bonchev–Trinajstić information content (AvgIpc) is 3.15. The fourth-order valence-electron chi connectivity index (χ4n) is 4.15. The van der Waals surface area contributed by atoms with Gasteiger partial charge in [-0.25, -0.2) is 22.8 Å². The van der Waals surface area contributed by atoms with Crippen molar-refractivity contribution in [3.05, 3.63) is 41.6 Å². The molecule has 3 aromatic rings. The van der Waals surface area contributed by atoms with Gasteiger partial charge in [0.25, 0.3) is 0 Å². The first kappa shape index (κ1) is 23.0. The topological polar surface area (TPSA) is 126 Å². The molecule has 0 bridgehead atoms. The minimum atomic E-state index is -3.05. The van der Waals surface area contributed by atoms with Crippen LogP contribution in [0.2, 0.25) is 0 Å². The van der Waals surface area contributed by atoms with E-state index in [2.05, 4.69) is 25.6 Å². The lowest BCUT2D eigenvalue weighted by Gasteiger charge is -2.22. The number of carbonyl (C=O) groups excluding carboxylic acids is 1. The Bertz CT molecular complexity index is 1290. The second-order valence-electron chi connectivity index (χ2n) is 8.21. The molecule has 1 amide bonds. The number of aromatic amines is 1. The number of aromatic nitrogens is 3. The Balaban J connectivity index is 1.55. The summed E-state index contributed by atoms with van der Waals surface area (Å²) in [6, 6.07) is 4.20. The summed E-state index contributed by atoms with van der Waals surface area (Å²) in [5.41, 5.74) is 3.20. The largest absolute Gasteiger partial charge is 0.494 e. The zero-order valence-electron chi connectivity index (χ0n) is 18.4. The highest BCUT2D eigenvalue weighted by Gasteiger charge is 2.29. The number of amides is 1. The molecule has 11 heteroatoms. The Morgan fingerprint density at radius 2 is 2.15 bits per heavy atom. The van der Waals surface area contributed by atoms with E-state index >= 15 is 0 Å². The van der Waals surface area contributed by atoms with Gasteiger partial charge in [-0.1, -0.05) is 0 Å². The number of aryl methyl sites for hydroxylation is 1. The van der Waals surface area contributed by atoms with Gasteiger partial charge in [-0.3, -0.25) is 4.79 Å². The van der Waals surface area contributed by atoms with Crippen LogP contribution in [0.4, 0.5) is 15.9 Å². The standard InChI is InChI=1S/C22H26FN5O4S/c1-32-18-11-14(23)5-7-17(18)28-21-19-15-10-13(22(29)24-8-3-9-33(2,30)31)4-6-16(15)27-20(19)25-12-26-21/h5,7,11-13H,3-4,6,8-10H2,1-2H3,(H,24,29)(H2,25,26,27,28). The molecule has 1 aliphatic carbocycles. The average molecular weight is 476 g/mol. The minimum absolute atomic E-state index is 0.0454. The van der Waals surface area contributed by atoms with Gasteiger partial charge in [0.15, 0.2) is 0 Å². The maximum atomic E-state index is 13.6. The second kappa shape index (κ2) is 9.34. The van der Waals surface area contributed by atoms with E-state index in [1.165, 1.54) is 31.8 Å². The van der Waals surface area contributed by atoms with Crippen molar-refractivity contribution in [1.82, 2.24) is 20.3 Å².